The number of hydrogen-bond donors (Lipinski definition) is 1. The van der Waals surface area contributed by atoms with Gasteiger partial charge < -0.3 is 10.2 Å². The summed E-state index contributed by atoms with van der Waals surface area (Å²) in [7, 11) is 0. The van der Waals surface area contributed by atoms with E-state index in [0.717, 1.165) is 30.2 Å². The van der Waals surface area contributed by atoms with Crippen molar-refractivity contribution in [2.24, 2.45) is 9.98 Å². The Kier molecular flexibility index (Phi) is 5.33. The van der Waals surface area contributed by atoms with E-state index in [1.807, 2.05) is 36.1 Å². The molecular weight excluding hydrogens is 345 g/mol. The van der Waals surface area contributed by atoms with Gasteiger partial charge in [-0.3, -0.25) is 4.99 Å². The van der Waals surface area contributed by atoms with Crippen LogP contribution >= 0.6 is 23.2 Å². The van der Waals surface area contributed by atoms with E-state index >= 15 is 0 Å². The molecule has 2 aromatic rings. The van der Waals surface area contributed by atoms with Crippen LogP contribution in [-0.4, -0.2) is 41.7 Å². The van der Waals surface area contributed by atoms with E-state index in [-0.39, 0.29) is 0 Å². The number of hydrogen-bond acceptors (Lipinski definition) is 4. The average molecular weight is 362 g/mol. The van der Waals surface area contributed by atoms with Crippen molar-refractivity contribution in [2.45, 2.75) is 6.92 Å². The number of amidine groups is 1. The second-order valence-corrected chi connectivity index (χ2v) is 6.17. The van der Waals surface area contributed by atoms with E-state index in [4.69, 9.17) is 23.2 Å². The maximum atomic E-state index is 6.19. The Bertz CT molecular complexity index is 788. The van der Waals surface area contributed by atoms with Gasteiger partial charge in [-0.25, -0.2) is 9.98 Å². The fourth-order valence-electron chi connectivity index (χ4n) is 2.32. The minimum atomic E-state index is 0.516. The minimum absolute atomic E-state index is 0.516. The molecule has 0 fully saturated rings. The van der Waals surface area contributed by atoms with Gasteiger partial charge in [-0.15, -0.1) is 0 Å². The molecule has 0 radical (unpaired) electrons. The van der Waals surface area contributed by atoms with Gasteiger partial charge in [-0.2, -0.15) is 0 Å². The normalized spacial score (nSPS) is 14.3. The van der Waals surface area contributed by atoms with E-state index in [2.05, 4.69) is 20.3 Å². The molecule has 0 bridgehead atoms. The van der Waals surface area contributed by atoms with Gasteiger partial charge in [-0.05, 0) is 36.8 Å². The van der Waals surface area contributed by atoms with Gasteiger partial charge in [0, 0.05) is 12.7 Å². The molecule has 0 unspecified atom stereocenters. The highest BCUT2D eigenvalue weighted by molar-refractivity contribution is 6.43. The zero-order valence-electron chi connectivity index (χ0n) is 13.2. The Morgan fingerprint density at radius 1 is 1.33 bits per heavy atom. The standard InChI is InChI=1S/C17H17Cl2N5/c1-12-5-6-20-15(9-12)23-11-24-8-7-21-16(24)10-22-14-4-2-3-13(18)17(14)19/h2-6,9,11,22H,7-8,10H2,1H3/b23-11-. The van der Waals surface area contributed by atoms with Crippen molar-refractivity contribution >= 4 is 46.9 Å². The van der Waals surface area contributed by atoms with Crippen molar-refractivity contribution in [2.75, 3.05) is 25.0 Å². The number of aromatic nitrogens is 1. The lowest BCUT2D eigenvalue weighted by Gasteiger charge is -2.16. The second kappa shape index (κ2) is 7.64. The average Bonchev–Trinajstić information content (AvgIpc) is 3.02. The molecule has 0 saturated heterocycles. The summed E-state index contributed by atoms with van der Waals surface area (Å²) in [4.78, 5) is 15.2. The quantitative estimate of drug-likeness (QED) is 0.641. The van der Waals surface area contributed by atoms with E-state index in [9.17, 15) is 0 Å². The lowest BCUT2D eigenvalue weighted by atomic mass is 10.3. The van der Waals surface area contributed by atoms with E-state index in [1.165, 1.54) is 0 Å². The number of rotatable bonds is 5. The number of nitrogens with zero attached hydrogens (tertiary/aromatic N) is 4. The third-order valence-corrected chi connectivity index (χ3v) is 4.40. The SMILES string of the molecule is Cc1ccnc(/N=C\N2CCN=C2CNc2cccc(Cl)c2Cl)c1. The Hall–Kier alpha value is -2.11. The molecule has 24 heavy (non-hydrogen) atoms. The van der Waals surface area contributed by atoms with Crippen LogP contribution in [0.5, 0.6) is 0 Å². The highest BCUT2D eigenvalue weighted by Crippen LogP contribution is 2.29. The van der Waals surface area contributed by atoms with Crippen LogP contribution in [0.3, 0.4) is 0 Å². The van der Waals surface area contributed by atoms with Gasteiger partial charge in [0.15, 0.2) is 5.82 Å². The molecule has 0 amide bonds. The summed E-state index contributed by atoms with van der Waals surface area (Å²) in [5.74, 6) is 1.59. The van der Waals surface area contributed by atoms with Crippen LogP contribution in [0.4, 0.5) is 11.5 Å². The third kappa shape index (κ3) is 4.04. The van der Waals surface area contributed by atoms with Gasteiger partial charge in [0.25, 0.3) is 0 Å². The lowest BCUT2D eigenvalue weighted by molar-refractivity contribution is 0.677. The number of pyridine rings is 1. The molecule has 1 aliphatic heterocycles. The molecule has 2 heterocycles. The Labute approximate surface area is 151 Å². The lowest BCUT2D eigenvalue weighted by Crippen LogP contribution is -2.31. The summed E-state index contributed by atoms with van der Waals surface area (Å²) in [5.41, 5.74) is 1.92. The van der Waals surface area contributed by atoms with Gasteiger partial charge >= 0.3 is 0 Å². The summed E-state index contributed by atoms with van der Waals surface area (Å²) >= 11 is 12.2. The van der Waals surface area contributed by atoms with E-state index < -0.39 is 0 Å². The summed E-state index contributed by atoms with van der Waals surface area (Å²) in [6.07, 6.45) is 3.53. The predicted octanol–water partition coefficient (Wildman–Crippen LogP) is 4.18. The maximum Gasteiger partial charge on any atom is 0.153 e. The molecule has 5 nitrogen and oxygen atoms in total. The van der Waals surface area contributed by atoms with Crippen molar-refractivity contribution < 1.29 is 0 Å². The topological polar surface area (TPSA) is 52.9 Å². The zero-order valence-corrected chi connectivity index (χ0v) is 14.7. The smallest absolute Gasteiger partial charge is 0.153 e. The molecule has 1 aromatic carbocycles. The summed E-state index contributed by atoms with van der Waals surface area (Å²) in [6, 6.07) is 9.39. The van der Waals surface area contributed by atoms with E-state index in [1.54, 1.807) is 18.6 Å². The van der Waals surface area contributed by atoms with Crippen LogP contribution in [0, 0.1) is 6.92 Å². The van der Waals surface area contributed by atoms with E-state index in [0.29, 0.717) is 22.4 Å². The van der Waals surface area contributed by atoms with Gasteiger partial charge in [0.05, 0.1) is 35.2 Å². The van der Waals surface area contributed by atoms with Gasteiger partial charge in [0.1, 0.15) is 5.84 Å². The highest BCUT2D eigenvalue weighted by atomic mass is 35.5. The number of nitrogens with one attached hydrogen (secondary N) is 1. The Balaban J connectivity index is 1.64. The fourth-order valence-corrected chi connectivity index (χ4v) is 2.69. The predicted molar refractivity (Wildman–Crippen MR) is 101 cm³/mol. The molecule has 0 aliphatic carbocycles. The first kappa shape index (κ1) is 16.7. The molecule has 1 aliphatic rings. The molecule has 3 rings (SSSR count). The zero-order chi connectivity index (χ0) is 16.9. The monoisotopic (exact) mass is 361 g/mol. The molecule has 1 N–H and O–H groups in total. The van der Waals surface area contributed by atoms with Crippen LogP contribution in [0.25, 0.3) is 0 Å². The molecule has 1 aromatic heterocycles. The van der Waals surface area contributed by atoms with Crippen molar-refractivity contribution in [1.29, 1.82) is 0 Å². The highest BCUT2D eigenvalue weighted by Gasteiger charge is 2.15. The van der Waals surface area contributed by atoms with Crippen LogP contribution in [0.2, 0.25) is 10.0 Å². The van der Waals surface area contributed by atoms with Crippen molar-refractivity contribution in [3.05, 3.63) is 52.1 Å². The molecule has 0 saturated carbocycles. The van der Waals surface area contributed by atoms with Crippen LogP contribution in [0.1, 0.15) is 5.56 Å². The van der Waals surface area contributed by atoms with Crippen molar-refractivity contribution in [1.82, 2.24) is 9.88 Å². The summed E-state index contributed by atoms with van der Waals surface area (Å²) in [6.45, 7) is 4.11. The second-order valence-electron chi connectivity index (χ2n) is 5.38. The van der Waals surface area contributed by atoms with Crippen LogP contribution in [0.15, 0.2) is 46.5 Å². The van der Waals surface area contributed by atoms with Gasteiger partial charge in [-0.1, -0.05) is 29.3 Å². The molecule has 0 spiro atoms. The Morgan fingerprint density at radius 2 is 2.21 bits per heavy atom. The van der Waals surface area contributed by atoms with Crippen LogP contribution < -0.4 is 5.32 Å². The largest absolute Gasteiger partial charge is 0.377 e. The first-order valence-corrected chi connectivity index (χ1v) is 8.34. The number of aryl methyl sites for hydroxylation is 1. The fraction of sp³-hybridized carbons (Fsp3) is 0.235. The molecular formula is C17H17Cl2N5. The molecule has 7 heteroatoms. The van der Waals surface area contributed by atoms with Crippen LogP contribution in [-0.2, 0) is 0 Å². The van der Waals surface area contributed by atoms with Gasteiger partial charge in [0.2, 0.25) is 0 Å². The Morgan fingerprint density at radius 3 is 3.04 bits per heavy atom. The molecule has 0 atom stereocenters. The van der Waals surface area contributed by atoms with Crippen molar-refractivity contribution in [3.63, 3.8) is 0 Å². The minimum Gasteiger partial charge on any atom is -0.377 e. The number of aliphatic imine (C=N–C) groups is 2. The molecule has 124 valence electrons. The van der Waals surface area contributed by atoms with Crippen molar-refractivity contribution in [3.8, 4) is 0 Å². The number of benzene rings is 1. The summed E-state index contributed by atoms with van der Waals surface area (Å²) < 4.78 is 0. The number of halogens is 2. The summed E-state index contributed by atoms with van der Waals surface area (Å²) in [5, 5.41) is 4.31. The first-order valence-electron chi connectivity index (χ1n) is 7.58. The number of anilines is 1. The maximum absolute atomic E-state index is 6.19. The first-order chi connectivity index (χ1) is 11.6. The third-order valence-electron chi connectivity index (χ3n) is 3.59.